The van der Waals surface area contributed by atoms with Crippen LogP contribution >= 0.6 is 12.6 Å². The maximum absolute atomic E-state index is 5.24. The third-order valence-electron chi connectivity index (χ3n) is 2.50. The molecule has 1 aromatic heterocycles. The fourth-order valence-corrected chi connectivity index (χ4v) is 1.95. The van der Waals surface area contributed by atoms with Gasteiger partial charge in [-0.3, -0.25) is 0 Å². The van der Waals surface area contributed by atoms with Gasteiger partial charge in [-0.2, -0.15) is 12.6 Å². The minimum Gasteiger partial charge on any atom is -0.361 e. The standard InChI is InChI=1S/C9H13NOS/c12-6-8-5-9(11-10-8)7-3-1-2-4-7/h5,7,12H,1-4,6H2. The lowest BCUT2D eigenvalue weighted by Crippen LogP contribution is -1.87. The second-order valence-corrected chi connectivity index (χ2v) is 3.68. The van der Waals surface area contributed by atoms with Crippen LogP contribution < -0.4 is 0 Å². The van der Waals surface area contributed by atoms with Gasteiger partial charge in [-0.15, -0.1) is 0 Å². The van der Waals surface area contributed by atoms with Gasteiger partial charge in [0.05, 0.1) is 5.69 Å². The summed E-state index contributed by atoms with van der Waals surface area (Å²) < 4.78 is 5.24. The zero-order chi connectivity index (χ0) is 8.39. The number of aromatic nitrogens is 1. The highest BCUT2D eigenvalue weighted by molar-refractivity contribution is 7.79. The third kappa shape index (κ3) is 1.51. The van der Waals surface area contributed by atoms with Crippen molar-refractivity contribution in [3.63, 3.8) is 0 Å². The van der Waals surface area contributed by atoms with E-state index in [9.17, 15) is 0 Å². The van der Waals surface area contributed by atoms with Crippen LogP contribution in [-0.4, -0.2) is 5.16 Å². The molecule has 0 unspecified atom stereocenters. The number of rotatable bonds is 2. The SMILES string of the molecule is SCc1cc(C2CCCC2)on1. The third-order valence-corrected chi connectivity index (χ3v) is 2.82. The van der Waals surface area contributed by atoms with E-state index >= 15 is 0 Å². The first kappa shape index (κ1) is 8.17. The molecule has 1 saturated carbocycles. The van der Waals surface area contributed by atoms with E-state index in [4.69, 9.17) is 4.52 Å². The van der Waals surface area contributed by atoms with Crippen LogP contribution in [0.5, 0.6) is 0 Å². The first-order valence-electron chi connectivity index (χ1n) is 4.46. The van der Waals surface area contributed by atoms with Gasteiger partial charge in [0, 0.05) is 17.7 Å². The van der Waals surface area contributed by atoms with Gasteiger partial charge >= 0.3 is 0 Å². The van der Waals surface area contributed by atoms with Crippen molar-refractivity contribution in [2.75, 3.05) is 0 Å². The minimum absolute atomic E-state index is 0.631. The molecule has 1 fully saturated rings. The monoisotopic (exact) mass is 183 g/mol. The summed E-state index contributed by atoms with van der Waals surface area (Å²) in [5.41, 5.74) is 0.959. The molecular formula is C9H13NOS. The van der Waals surface area contributed by atoms with E-state index in [1.165, 1.54) is 25.7 Å². The lowest BCUT2D eigenvalue weighted by atomic mass is 10.1. The maximum atomic E-state index is 5.24. The molecule has 0 saturated heterocycles. The molecule has 1 heterocycles. The zero-order valence-corrected chi connectivity index (χ0v) is 7.89. The Hall–Kier alpha value is -0.440. The Morgan fingerprint density at radius 1 is 1.50 bits per heavy atom. The summed E-state index contributed by atoms with van der Waals surface area (Å²) in [4.78, 5) is 0. The van der Waals surface area contributed by atoms with Crippen molar-refractivity contribution in [2.45, 2.75) is 37.4 Å². The molecule has 1 aromatic rings. The Morgan fingerprint density at radius 2 is 2.25 bits per heavy atom. The average Bonchev–Trinajstić information content (AvgIpc) is 2.75. The van der Waals surface area contributed by atoms with Gasteiger partial charge in [0.15, 0.2) is 0 Å². The highest BCUT2D eigenvalue weighted by Gasteiger charge is 2.20. The highest BCUT2D eigenvalue weighted by atomic mass is 32.1. The molecular weight excluding hydrogens is 170 g/mol. The minimum atomic E-state index is 0.631. The normalized spacial score (nSPS) is 18.8. The molecule has 0 aromatic carbocycles. The van der Waals surface area contributed by atoms with Crippen LogP contribution in [0.2, 0.25) is 0 Å². The van der Waals surface area contributed by atoms with Crippen LogP contribution in [-0.2, 0) is 5.75 Å². The van der Waals surface area contributed by atoms with Crippen molar-refractivity contribution >= 4 is 12.6 Å². The van der Waals surface area contributed by atoms with Gasteiger partial charge in [-0.05, 0) is 12.8 Å². The van der Waals surface area contributed by atoms with Gasteiger partial charge in [0.25, 0.3) is 0 Å². The molecule has 0 bridgehead atoms. The summed E-state index contributed by atoms with van der Waals surface area (Å²) in [6.07, 6.45) is 5.20. The van der Waals surface area contributed by atoms with Gasteiger partial charge in [-0.1, -0.05) is 18.0 Å². The van der Waals surface area contributed by atoms with Crippen molar-refractivity contribution in [2.24, 2.45) is 0 Å². The lowest BCUT2D eigenvalue weighted by molar-refractivity contribution is 0.357. The summed E-state index contributed by atoms with van der Waals surface area (Å²) in [5.74, 6) is 2.37. The van der Waals surface area contributed by atoms with Crippen LogP contribution in [0.1, 0.15) is 43.1 Å². The van der Waals surface area contributed by atoms with E-state index in [1.54, 1.807) is 0 Å². The average molecular weight is 183 g/mol. The van der Waals surface area contributed by atoms with Gasteiger partial charge in [-0.25, -0.2) is 0 Å². The van der Waals surface area contributed by atoms with Crippen LogP contribution in [0.3, 0.4) is 0 Å². The van der Waals surface area contributed by atoms with Crippen molar-refractivity contribution in [1.29, 1.82) is 0 Å². The molecule has 0 atom stereocenters. The summed E-state index contributed by atoms with van der Waals surface area (Å²) in [5, 5.41) is 3.93. The molecule has 2 rings (SSSR count). The van der Waals surface area contributed by atoms with Crippen molar-refractivity contribution < 1.29 is 4.52 Å². The predicted octanol–water partition coefficient (Wildman–Crippen LogP) is 2.76. The molecule has 1 aliphatic rings. The first-order chi connectivity index (χ1) is 5.90. The molecule has 66 valence electrons. The molecule has 0 amide bonds. The largest absolute Gasteiger partial charge is 0.361 e. The molecule has 0 spiro atoms. The predicted molar refractivity (Wildman–Crippen MR) is 50.4 cm³/mol. The van der Waals surface area contributed by atoms with Crippen LogP contribution in [0.4, 0.5) is 0 Å². The molecule has 1 aliphatic carbocycles. The Balaban J connectivity index is 2.11. The van der Waals surface area contributed by atoms with Gasteiger partial charge in [0.1, 0.15) is 5.76 Å². The summed E-state index contributed by atoms with van der Waals surface area (Å²) in [6.45, 7) is 0. The molecule has 2 nitrogen and oxygen atoms in total. The van der Waals surface area contributed by atoms with Crippen molar-refractivity contribution in [1.82, 2.24) is 5.16 Å². The summed E-state index contributed by atoms with van der Waals surface area (Å²) in [6, 6.07) is 2.04. The maximum Gasteiger partial charge on any atom is 0.140 e. The molecule has 12 heavy (non-hydrogen) atoms. The number of hydrogen-bond donors (Lipinski definition) is 1. The fourth-order valence-electron chi connectivity index (χ4n) is 1.81. The van der Waals surface area contributed by atoms with E-state index in [-0.39, 0.29) is 0 Å². The Kier molecular flexibility index (Phi) is 2.40. The molecule has 3 heteroatoms. The van der Waals surface area contributed by atoms with Crippen molar-refractivity contribution in [3.8, 4) is 0 Å². The first-order valence-corrected chi connectivity index (χ1v) is 5.10. The van der Waals surface area contributed by atoms with E-state index in [0.717, 1.165) is 11.5 Å². The van der Waals surface area contributed by atoms with Crippen LogP contribution in [0.15, 0.2) is 10.6 Å². The Bertz CT molecular complexity index is 253. The van der Waals surface area contributed by atoms with E-state index in [1.807, 2.05) is 6.07 Å². The lowest BCUT2D eigenvalue weighted by Gasteiger charge is -2.00. The zero-order valence-electron chi connectivity index (χ0n) is 6.99. The molecule has 0 radical (unpaired) electrons. The number of thiol groups is 1. The van der Waals surface area contributed by atoms with E-state index in [2.05, 4.69) is 17.8 Å². The Morgan fingerprint density at radius 3 is 2.83 bits per heavy atom. The number of nitrogens with zero attached hydrogens (tertiary/aromatic N) is 1. The summed E-state index contributed by atoms with van der Waals surface area (Å²) >= 11 is 4.14. The molecule has 0 aliphatic heterocycles. The van der Waals surface area contributed by atoms with Gasteiger partial charge < -0.3 is 4.52 Å². The van der Waals surface area contributed by atoms with Crippen LogP contribution in [0, 0.1) is 0 Å². The topological polar surface area (TPSA) is 26.0 Å². The highest BCUT2D eigenvalue weighted by Crippen LogP contribution is 2.34. The second-order valence-electron chi connectivity index (χ2n) is 3.36. The Labute approximate surface area is 77.7 Å². The smallest absolute Gasteiger partial charge is 0.140 e. The summed E-state index contributed by atoms with van der Waals surface area (Å²) in [7, 11) is 0. The quantitative estimate of drug-likeness (QED) is 0.713. The van der Waals surface area contributed by atoms with E-state index in [0.29, 0.717) is 11.7 Å². The van der Waals surface area contributed by atoms with Crippen molar-refractivity contribution in [3.05, 3.63) is 17.5 Å². The molecule has 0 N–H and O–H groups in total. The second kappa shape index (κ2) is 3.52. The van der Waals surface area contributed by atoms with Gasteiger partial charge in [0.2, 0.25) is 0 Å². The fraction of sp³-hybridized carbons (Fsp3) is 0.667. The number of hydrogen-bond acceptors (Lipinski definition) is 3. The van der Waals surface area contributed by atoms with Crippen LogP contribution in [0.25, 0.3) is 0 Å². The van der Waals surface area contributed by atoms with E-state index < -0.39 is 0 Å².